The van der Waals surface area contributed by atoms with Crippen LogP contribution >= 0.6 is 0 Å². The smallest absolute Gasteiger partial charge is 0.275 e. The molecule has 31 heavy (non-hydrogen) atoms. The van der Waals surface area contributed by atoms with E-state index in [1.807, 2.05) is 19.1 Å². The normalized spacial score (nSPS) is 14.4. The van der Waals surface area contributed by atoms with Gasteiger partial charge in [0.05, 0.1) is 26.9 Å². The summed E-state index contributed by atoms with van der Waals surface area (Å²) < 4.78 is 55.6. The van der Waals surface area contributed by atoms with Crippen LogP contribution in [0.4, 0.5) is 0 Å². The van der Waals surface area contributed by atoms with E-state index in [0.29, 0.717) is 0 Å². The first-order valence-electron chi connectivity index (χ1n) is 8.52. The summed E-state index contributed by atoms with van der Waals surface area (Å²) in [5.41, 5.74) is 1.25. The lowest BCUT2D eigenvalue weighted by Crippen LogP contribution is -2.43. The molecule has 0 spiro atoms. The molecular formula is C19H19NO9S2. The van der Waals surface area contributed by atoms with Crippen LogP contribution in [0.2, 0.25) is 0 Å². The van der Waals surface area contributed by atoms with Crippen molar-refractivity contribution in [1.82, 2.24) is 0 Å². The maximum Gasteiger partial charge on any atom is 0.275 e. The second-order valence-electron chi connectivity index (χ2n) is 5.96. The van der Waals surface area contributed by atoms with E-state index in [-0.39, 0.29) is 27.5 Å². The first-order valence-corrected chi connectivity index (χ1v) is 11.0. The number of nitrogens with zero attached hydrogens (tertiary/aromatic N) is 1. The molecule has 0 saturated carbocycles. The first-order chi connectivity index (χ1) is 14.6. The highest BCUT2D eigenvalue weighted by atomic mass is 32.3. The number of hydrogen-bond donors (Lipinski definition) is 0. The SMILES string of the molecule is COC1=C(OC)C(=O)c2c(cccc2[S+]([O-])[n+]2ccc(C)cc2)C1=O.COS(=O)(=O)[O-]. The van der Waals surface area contributed by atoms with Gasteiger partial charge in [0.1, 0.15) is 0 Å². The maximum atomic E-state index is 13.0. The number of fused-ring (bicyclic) bond motifs is 1. The topological polar surface area (TPSA) is 146 Å². The van der Waals surface area contributed by atoms with Gasteiger partial charge in [0.25, 0.3) is 11.4 Å². The molecule has 10 nitrogen and oxygen atoms in total. The number of pyridine rings is 1. The van der Waals surface area contributed by atoms with E-state index in [1.165, 1.54) is 24.3 Å². The Morgan fingerprint density at radius 2 is 1.45 bits per heavy atom. The Balaban J connectivity index is 0.000000501. The molecule has 0 fully saturated rings. The largest absolute Gasteiger partial charge is 0.726 e. The van der Waals surface area contributed by atoms with Crippen molar-refractivity contribution in [2.24, 2.45) is 0 Å². The molecule has 12 heteroatoms. The third-order valence-corrected chi connectivity index (χ3v) is 5.83. The molecule has 1 aliphatic rings. The number of rotatable bonds is 5. The van der Waals surface area contributed by atoms with Gasteiger partial charge >= 0.3 is 0 Å². The molecule has 1 atom stereocenters. The van der Waals surface area contributed by atoms with Crippen LogP contribution in [-0.2, 0) is 35.4 Å². The lowest BCUT2D eigenvalue weighted by molar-refractivity contribution is -0.511. The monoisotopic (exact) mass is 469 g/mol. The number of aromatic nitrogens is 1. The minimum atomic E-state index is -4.41. The predicted octanol–water partition coefficient (Wildman–Crippen LogP) is 0.830. The highest BCUT2D eigenvalue weighted by molar-refractivity contribution is 7.85. The number of aryl methyl sites for hydroxylation is 1. The van der Waals surface area contributed by atoms with Crippen LogP contribution in [0.5, 0.6) is 0 Å². The van der Waals surface area contributed by atoms with Gasteiger partial charge in [-0.15, -0.1) is 0 Å². The lowest BCUT2D eigenvalue weighted by atomic mass is 9.92. The van der Waals surface area contributed by atoms with Gasteiger partial charge in [0.15, 0.2) is 0 Å². The van der Waals surface area contributed by atoms with Crippen molar-refractivity contribution < 1.29 is 44.7 Å². The summed E-state index contributed by atoms with van der Waals surface area (Å²) in [6.45, 7) is 1.92. The van der Waals surface area contributed by atoms with Crippen molar-refractivity contribution in [3.05, 3.63) is 70.9 Å². The number of ketones is 2. The van der Waals surface area contributed by atoms with Crippen LogP contribution in [0.15, 0.2) is 59.1 Å². The van der Waals surface area contributed by atoms with Gasteiger partial charge in [-0.1, -0.05) is 6.07 Å². The van der Waals surface area contributed by atoms with Gasteiger partial charge in [0, 0.05) is 27.7 Å². The van der Waals surface area contributed by atoms with E-state index in [4.69, 9.17) is 9.47 Å². The molecule has 0 radical (unpaired) electrons. The van der Waals surface area contributed by atoms with E-state index >= 15 is 0 Å². The number of carbonyl (C=O) groups excluding carboxylic acids is 2. The molecule has 0 saturated heterocycles. The van der Waals surface area contributed by atoms with Crippen LogP contribution in [0.25, 0.3) is 0 Å². The molecule has 1 aromatic carbocycles. The summed E-state index contributed by atoms with van der Waals surface area (Å²) in [6.07, 6.45) is 3.32. The highest BCUT2D eigenvalue weighted by Gasteiger charge is 2.41. The third kappa shape index (κ3) is 5.48. The molecule has 3 rings (SSSR count). The summed E-state index contributed by atoms with van der Waals surface area (Å²) in [5.74, 6) is -1.32. The van der Waals surface area contributed by atoms with Crippen molar-refractivity contribution in [3.8, 4) is 0 Å². The zero-order valence-corrected chi connectivity index (χ0v) is 18.6. The van der Waals surface area contributed by atoms with Crippen molar-refractivity contribution >= 4 is 33.3 Å². The fraction of sp³-hybridized carbons (Fsp3) is 0.211. The minimum absolute atomic E-state index is 0.0801. The van der Waals surface area contributed by atoms with E-state index < -0.39 is 33.3 Å². The molecule has 2 aromatic rings. The number of methoxy groups -OCH3 is 2. The molecule has 166 valence electrons. The molecule has 0 amide bonds. The Kier molecular flexibility index (Phi) is 7.92. The number of Topliss-reactive ketones (excluding diaryl/α,β-unsaturated/α-hetero) is 2. The molecule has 0 aliphatic heterocycles. The average Bonchev–Trinajstić information content (AvgIpc) is 2.75. The molecule has 1 unspecified atom stereocenters. The van der Waals surface area contributed by atoms with E-state index in [2.05, 4.69) is 4.18 Å². The average molecular weight is 469 g/mol. The Morgan fingerprint density at radius 3 is 1.94 bits per heavy atom. The molecule has 1 aliphatic carbocycles. The van der Waals surface area contributed by atoms with Crippen LogP contribution in [-0.4, -0.2) is 50.4 Å². The molecule has 0 bridgehead atoms. The minimum Gasteiger partial charge on any atom is -0.726 e. The summed E-state index contributed by atoms with van der Waals surface area (Å²) in [6, 6.07) is 8.30. The van der Waals surface area contributed by atoms with Gasteiger partial charge in [-0.05, 0) is 18.6 Å². The summed E-state index contributed by atoms with van der Waals surface area (Å²) in [7, 11) is -1.01. The van der Waals surface area contributed by atoms with Crippen LogP contribution in [0.1, 0.15) is 26.3 Å². The number of benzene rings is 1. The Morgan fingerprint density at radius 1 is 0.935 bits per heavy atom. The van der Waals surface area contributed by atoms with Crippen LogP contribution < -0.4 is 3.97 Å². The zero-order chi connectivity index (χ0) is 23.3. The first kappa shape index (κ1) is 24.5. The van der Waals surface area contributed by atoms with Crippen LogP contribution in [0.3, 0.4) is 0 Å². The summed E-state index contributed by atoms with van der Waals surface area (Å²) in [4.78, 5) is 25.7. The fourth-order valence-corrected chi connectivity index (χ4v) is 3.77. The van der Waals surface area contributed by atoms with Crippen LogP contribution in [0, 0.1) is 6.92 Å². The second kappa shape index (κ2) is 10.0. The number of allylic oxidation sites excluding steroid dienone is 2. The van der Waals surface area contributed by atoms with Crippen molar-refractivity contribution in [3.63, 3.8) is 0 Å². The number of ether oxygens (including phenoxy) is 2. The Labute approximate surface area is 182 Å². The predicted molar refractivity (Wildman–Crippen MR) is 106 cm³/mol. The van der Waals surface area contributed by atoms with E-state index in [0.717, 1.165) is 12.7 Å². The number of hydrogen-bond acceptors (Lipinski definition) is 9. The number of carbonyl (C=O) groups is 2. The second-order valence-corrected chi connectivity index (χ2v) is 8.47. The van der Waals surface area contributed by atoms with Gasteiger partial charge in [-0.2, -0.15) is 0 Å². The van der Waals surface area contributed by atoms with Gasteiger partial charge in [-0.25, -0.2) is 8.42 Å². The van der Waals surface area contributed by atoms with Gasteiger partial charge in [-0.3, -0.25) is 13.8 Å². The molecular weight excluding hydrogens is 450 g/mol. The third-order valence-electron chi connectivity index (χ3n) is 4.08. The van der Waals surface area contributed by atoms with Crippen molar-refractivity contribution in [2.45, 2.75) is 11.8 Å². The van der Waals surface area contributed by atoms with Gasteiger partial charge < -0.3 is 18.6 Å². The lowest BCUT2D eigenvalue weighted by Gasteiger charge is -2.19. The van der Waals surface area contributed by atoms with Crippen molar-refractivity contribution in [2.75, 3.05) is 21.3 Å². The standard InChI is InChI=1S/C18H16NO5S.CH4O4S/c1-11-7-9-19(10-8-11)25(22)13-6-4-5-12-14(13)16(21)18(24-3)17(23-2)15(12)20;1-5-6(2,3)4/h4-10H,1-3H3;1H3,(H,2,3,4)/q+1;/p-1. The summed E-state index contributed by atoms with van der Waals surface area (Å²) in [5, 5.41) is 0. The Bertz CT molecular complexity index is 1130. The van der Waals surface area contributed by atoms with E-state index in [1.54, 1.807) is 24.5 Å². The fourth-order valence-electron chi connectivity index (χ4n) is 2.62. The Hall–Kier alpha value is -2.77. The van der Waals surface area contributed by atoms with Gasteiger partial charge in [0.2, 0.25) is 50.8 Å². The molecule has 1 aromatic heterocycles. The zero-order valence-electron chi connectivity index (χ0n) is 17.0. The summed E-state index contributed by atoms with van der Waals surface area (Å²) >= 11 is -1.69. The molecule has 1 heterocycles. The molecule has 0 N–H and O–H groups in total. The highest BCUT2D eigenvalue weighted by Crippen LogP contribution is 2.31. The van der Waals surface area contributed by atoms with E-state index in [9.17, 15) is 27.1 Å². The van der Waals surface area contributed by atoms with Crippen molar-refractivity contribution in [1.29, 1.82) is 0 Å². The maximum absolute atomic E-state index is 13.0. The quantitative estimate of drug-likeness (QED) is 0.269.